The molecule has 1 unspecified atom stereocenters. The highest BCUT2D eigenvalue weighted by Crippen LogP contribution is 2.24. The lowest BCUT2D eigenvalue weighted by atomic mass is 9.99. The van der Waals surface area contributed by atoms with Crippen LogP contribution in [-0.4, -0.2) is 44.2 Å². The van der Waals surface area contributed by atoms with Crippen LogP contribution in [0.2, 0.25) is 0 Å². The van der Waals surface area contributed by atoms with Crippen LogP contribution in [0.1, 0.15) is 50.4 Å². The molecule has 1 aromatic rings. The van der Waals surface area contributed by atoms with Crippen LogP contribution in [0.4, 0.5) is 5.69 Å². The molecule has 0 aliphatic heterocycles. The number of nitrogens with zero attached hydrogens (tertiary/aromatic N) is 1. The molecular weight excluding hydrogens is 304 g/mol. The predicted octanol–water partition coefficient (Wildman–Crippen LogP) is 3.58. The standard InChI is InChI=1S/C19H32N2O3/c1-6-8-11-23-18-12-15(9-10-16(18)20)19(22)24-13-17(21(4)5)14(3)7-2/h9-10,12,14,17H,6-8,11,13,20H2,1-5H3/t14?,17-/m1/s1. The van der Waals surface area contributed by atoms with Gasteiger partial charge in [-0.05, 0) is 44.6 Å². The van der Waals surface area contributed by atoms with Crippen molar-refractivity contribution in [3.63, 3.8) is 0 Å². The fourth-order valence-corrected chi connectivity index (χ4v) is 2.45. The van der Waals surface area contributed by atoms with Gasteiger partial charge in [0.15, 0.2) is 0 Å². The van der Waals surface area contributed by atoms with Crippen molar-refractivity contribution in [2.45, 2.75) is 46.1 Å². The summed E-state index contributed by atoms with van der Waals surface area (Å²) in [7, 11) is 4.01. The number of unbranched alkanes of at least 4 members (excludes halogenated alkanes) is 1. The minimum Gasteiger partial charge on any atom is -0.491 e. The van der Waals surface area contributed by atoms with E-state index in [4.69, 9.17) is 15.2 Å². The lowest BCUT2D eigenvalue weighted by Gasteiger charge is -2.29. The summed E-state index contributed by atoms with van der Waals surface area (Å²) in [5.74, 6) is 0.654. The third kappa shape index (κ3) is 6.04. The number of rotatable bonds is 10. The SMILES string of the molecule is CCCCOc1cc(C(=O)OC[C@H](C(C)CC)N(C)C)ccc1N. The van der Waals surface area contributed by atoms with Crippen molar-refractivity contribution in [1.82, 2.24) is 4.90 Å². The molecule has 1 rings (SSSR count). The van der Waals surface area contributed by atoms with E-state index in [9.17, 15) is 4.79 Å². The molecule has 0 aliphatic rings. The summed E-state index contributed by atoms with van der Waals surface area (Å²) in [6.07, 6.45) is 3.04. The van der Waals surface area contributed by atoms with Crippen LogP contribution in [0.25, 0.3) is 0 Å². The van der Waals surface area contributed by atoms with Crippen LogP contribution in [0, 0.1) is 5.92 Å². The van der Waals surface area contributed by atoms with Gasteiger partial charge in [-0.3, -0.25) is 0 Å². The van der Waals surface area contributed by atoms with Gasteiger partial charge in [0.2, 0.25) is 0 Å². The van der Waals surface area contributed by atoms with E-state index >= 15 is 0 Å². The molecule has 1 aromatic carbocycles. The normalized spacial score (nSPS) is 13.6. The second-order valence-corrected chi connectivity index (χ2v) is 6.47. The van der Waals surface area contributed by atoms with E-state index in [0.29, 0.717) is 36.1 Å². The summed E-state index contributed by atoms with van der Waals surface area (Å²) in [4.78, 5) is 14.4. The Hall–Kier alpha value is -1.75. The van der Waals surface area contributed by atoms with E-state index in [-0.39, 0.29) is 12.0 Å². The number of likely N-dealkylation sites (N-methyl/N-ethyl adjacent to an activating group) is 1. The molecule has 0 saturated heterocycles. The maximum Gasteiger partial charge on any atom is 0.338 e. The smallest absolute Gasteiger partial charge is 0.338 e. The second kappa shape index (κ2) is 10.2. The van der Waals surface area contributed by atoms with Gasteiger partial charge in [-0.2, -0.15) is 0 Å². The topological polar surface area (TPSA) is 64.8 Å². The van der Waals surface area contributed by atoms with Crippen LogP contribution in [0.3, 0.4) is 0 Å². The third-order valence-electron chi connectivity index (χ3n) is 4.35. The lowest BCUT2D eigenvalue weighted by Crippen LogP contribution is -2.38. The van der Waals surface area contributed by atoms with E-state index in [1.165, 1.54) is 0 Å². The number of ether oxygens (including phenoxy) is 2. The van der Waals surface area contributed by atoms with Crippen molar-refractivity contribution >= 4 is 11.7 Å². The molecule has 2 atom stereocenters. The predicted molar refractivity (Wildman–Crippen MR) is 98.5 cm³/mol. The number of carbonyl (C=O) groups is 1. The molecule has 0 aliphatic carbocycles. The molecule has 136 valence electrons. The first-order chi connectivity index (χ1) is 11.4. The van der Waals surface area contributed by atoms with E-state index in [1.54, 1.807) is 18.2 Å². The van der Waals surface area contributed by atoms with Gasteiger partial charge in [0, 0.05) is 6.04 Å². The van der Waals surface area contributed by atoms with Crippen LogP contribution < -0.4 is 10.5 Å². The molecule has 0 fully saturated rings. The van der Waals surface area contributed by atoms with Gasteiger partial charge in [-0.25, -0.2) is 4.79 Å². The number of carbonyl (C=O) groups excluding carboxylic acids is 1. The summed E-state index contributed by atoms with van der Waals surface area (Å²) in [6, 6.07) is 5.24. The summed E-state index contributed by atoms with van der Waals surface area (Å²) in [5.41, 5.74) is 6.91. The highest BCUT2D eigenvalue weighted by Gasteiger charge is 2.21. The Balaban J connectivity index is 2.71. The highest BCUT2D eigenvalue weighted by molar-refractivity contribution is 5.90. The lowest BCUT2D eigenvalue weighted by molar-refractivity contribution is 0.0336. The highest BCUT2D eigenvalue weighted by atomic mass is 16.5. The number of hydrogen-bond donors (Lipinski definition) is 1. The van der Waals surface area contributed by atoms with Gasteiger partial charge in [0.1, 0.15) is 12.4 Å². The summed E-state index contributed by atoms with van der Waals surface area (Å²) in [6.45, 7) is 7.37. The molecule has 0 aromatic heterocycles. The number of anilines is 1. The molecule has 0 saturated carbocycles. The van der Waals surface area contributed by atoms with Gasteiger partial charge in [-0.15, -0.1) is 0 Å². The summed E-state index contributed by atoms with van der Waals surface area (Å²) in [5, 5.41) is 0. The van der Waals surface area contributed by atoms with Crippen LogP contribution in [0.15, 0.2) is 18.2 Å². The average Bonchev–Trinajstić information content (AvgIpc) is 2.56. The Labute approximate surface area is 146 Å². The number of nitrogens with two attached hydrogens (primary N) is 1. The maximum atomic E-state index is 12.3. The van der Waals surface area contributed by atoms with Gasteiger partial charge >= 0.3 is 5.97 Å². The van der Waals surface area contributed by atoms with E-state index in [0.717, 1.165) is 19.3 Å². The zero-order chi connectivity index (χ0) is 18.1. The molecule has 2 N–H and O–H groups in total. The first-order valence-electron chi connectivity index (χ1n) is 8.76. The van der Waals surface area contributed by atoms with Gasteiger partial charge in [-0.1, -0.05) is 33.6 Å². The fraction of sp³-hybridized carbons (Fsp3) is 0.632. The average molecular weight is 336 g/mol. The Morgan fingerprint density at radius 3 is 2.58 bits per heavy atom. The first-order valence-corrected chi connectivity index (χ1v) is 8.76. The number of esters is 1. The fourth-order valence-electron chi connectivity index (χ4n) is 2.45. The van der Waals surface area contributed by atoms with Gasteiger partial charge < -0.3 is 20.1 Å². The van der Waals surface area contributed by atoms with Crippen LogP contribution in [-0.2, 0) is 4.74 Å². The second-order valence-electron chi connectivity index (χ2n) is 6.47. The molecule has 0 bridgehead atoms. The molecule has 0 radical (unpaired) electrons. The maximum absolute atomic E-state index is 12.3. The molecule has 0 heterocycles. The van der Waals surface area contributed by atoms with Gasteiger partial charge in [0.25, 0.3) is 0 Å². The van der Waals surface area contributed by atoms with Crippen molar-refractivity contribution < 1.29 is 14.3 Å². The summed E-state index contributed by atoms with van der Waals surface area (Å²) < 4.78 is 11.2. The number of nitrogen functional groups attached to an aromatic ring is 1. The monoisotopic (exact) mass is 336 g/mol. The van der Waals surface area contributed by atoms with E-state index in [2.05, 4.69) is 25.7 Å². The van der Waals surface area contributed by atoms with Crippen molar-refractivity contribution in [2.75, 3.05) is 33.0 Å². The Morgan fingerprint density at radius 2 is 2.00 bits per heavy atom. The van der Waals surface area contributed by atoms with E-state index < -0.39 is 0 Å². The quantitative estimate of drug-likeness (QED) is 0.402. The van der Waals surface area contributed by atoms with Crippen LogP contribution in [0.5, 0.6) is 5.75 Å². The molecule has 0 amide bonds. The molecule has 0 spiro atoms. The molecule has 24 heavy (non-hydrogen) atoms. The minimum atomic E-state index is -0.342. The number of hydrogen-bond acceptors (Lipinski definition) is 5. The Morgan fingerprint density at radius 1 is 1.29 bits per heavy atom. The zero-order valence-electron chi connectivity index (χ0n) is 15.7. The molecular formula is C19H32N2O3. The van der Waals surface area contributed by atoms with Crippen molar-refractivity contribution in [2.24, 2.45) is 5.92 Å². The first kappa shape index (κ1) is 20.3. The Kier molecular flexibility index (Phi) is 8.61. The largest absolute Gasteiger partial charge is 0.491 e. The third-order valence-corrected chi connectivity index (χ3v) is 4.35. The Bertz CT molecular complexity index is 517. The van der Waals surface area contributed by atoms with E-state index in [1.807, 2.05) is 14.1 Å². The van der Waals surface area contributed by atoms with Crippen molar-refractivity contribution in [3.8, 4) is 5.75 Å². The van der Waals surface area contributed by atoms with Crippen molar-refractivity contribution in [3.05, 3.63) is 23.8 Å². The number of benzene rings is 1. The van der Waals surface area contributed by atoms with Crippen LogP contribution >= 0.6 is 0 Å². The molecule has 5 heteroatoms. The molecule has 5 nitrogen and oxygen atoms in total. The summed E-state index contributed by atoms with van der Waals surface area (Å²) >= 11 is 0. The van der Waals surface area contributed by atoms with Crippen molar-refractivity contribution in [1.29, 1.82) is 0 Å². The van der Waals surface area contributed by atoms with Gasteiger partial charge in [0.05, 0.1) is 17.9 Å². The zero-order valence-corrected chi connectivity index (χ0v) is 15.7. The minimum absolute atomic E-state index is 0.202.